The van der Waals surface area contributed by atoms with Gasteiger partial charge in [-0.05, 0) is 67.7 Å². The van der Waals surface area contributed by atoms with Gasteiger partial charge in [-0.3, -0.25) is 4.79 Å². The number of fused-ring (bicyclic) bond motifs is 1. The number of pyridine rings is 1. The summed E-state index contributed by atoms with van der Waals surface area (Å²) >= 11 is 1.73. The molecular weight excluding hydrogens is 439 g/mol. The van der Waals surface area contributed by atoms with E-state index in [9.17, 15) is 4.79 Å². The summed E-state index contributed by atoms with van der Waals surface area (Å²) in [5.74, 6) is 0.816. The van der Waals surface area contributed by atoms with Crippen LogP contribution in [0.4, 0.5) is 0 Å². The predicted molar refractivity (Wildman–Crippen MR) is 128 cm³/mol. The maximum atomic E-state index is 12.5. The number of nitrogens with zero attached hydrogens (tertiary/aromatic N) is 2. The third-order valence-corrected chi connectivity index (χ3v) is 6.45. The average molecular weight is 467 g/mol. The van der Waals surface area contributed by atoms with Gasteiger partial charge in [0.2, 0.25) is 0 Å². The van der Waals surface area contributed by atoms with E-state index in [1.807, 2.05) is 53.1 Å². The number of rotatable bonds is 6. The van der Waals surface area contributed by atoms with E-state index in [0.29, 0.717) is 0 Å². The standard InChI is InChI=1S/C22H26N4OS.2ClH/c1-22(9-11-23-12-10-22)16-24-21(27)17-5-7-19(8-6-17)28-15-18-14-26-13-3-2-4-20(26)25-18;;/h2-8,13-14,23H,9-12,15-16H2,1H3,(H,24,27);2*1H. The molecule has 1 fully saturated rings. The summed E-state index contributed by atoms with van der Waals surface area (Å²) in [6.07, 6.45) is 6.28. The minimum absolute atomic E-state index is 0. The molecule has 3 aromatic rings. The van der Waals surface area contributed by atoms with Crippen LogP contribution in [0.1, 0.15) is 35.8 Å². The second-order valence-electron chi connectivity index (χ2n) is 7.75. The zero-order chi connectivity index (χ0) is 19.4. The topological polar surface area (TPSA) is 58.4 Å². The van der Waals surface area contributed by atoms with Crippen LogP contribution in [-0.4, -0.2) is 34.9 Å². The van der Waals surface area contributed by atoms with E-state index in [4.69, 9.17) is 0 Å². The largest absolute Gasteiger partial charge is 0.351 e. The number of nitrogens with one attached hydrogen (secondary N) is 2. The lowest BCUT2D eigenvalue weighted by atomic mass is 9.81. The first-order valence-electron chi connectivity index (χ1n) is 9.76. The van der Waals surface area contributed by atoms with Crippen molar-refractivity contribution in [2.75, 3.05) is 19.6 Å². The molecule has 1 aromatic carbocycles. The fourth-order valence-corrected chi connectivity index (χ4v) is 4.30. The number of carbonyl (C=O) groups is 1. The van der Waals surface area contributed by atoms with Crippen molar-refractivity contribution >= 4 is 48.1 Å². The van der Waals surface area contributed by atoms with E-state index >= 15 is 0 Å². The molecule has 162 valence electrons. The molecule has 0 saturated carbocycles. The highest BCUT2D eigenvalue weighted by molar-refractivity contribution is 7.98. The van der Waals surface area contributed by atoms with Crippen LogP contribution in [0.3, 0.4) is 0 Å². The van der Waals surface area contributed by atoms with Crippen LogP contribution in [0.5, 0.6) is 0 Å². The van der Waals surface area contributed by atoms with Crippen LogP contribution in [0.15, 0.2) is 59.8 Å². The molecule has 3 heterocycles. The molecule has 0 bridgehead atoms. The summed E-state index contributed by atoms with van der Waals surface area (Å²) < 4.78 is 2.03. The van der Waals surface area contributed by atoms with Gasteiger partial charge in [-0.15, -0.1) is 36.6 Å². The van der Waals surface area contributed by atoms with E-state index in [-0.39, 0.29) is 36.1 Å². The highest BCUT2D eigenvalue weighted by Gasteiger charge is 2.27. The third-order valence-electron chi connectivity index (χ3n) is 5.40. The van der Waals surface area contributed by atoms with Gasteiger partial charge in [-0.25, -0.2) is 4.98 Å². The number of halogens is 2. The summed E-state index contributed by atoms with van der Waals surface area (Å²) in [4.78, 5) is 18.2. The summed E-state index contributed by atoms with van der Waals surface area (Å²) in [6.45, 7) is 5.06. The first kappa shape index (κ1) is 24.5. The molecule has 8 heteroatoms. The van der Waals surface area contributed by atoms with Crippen molar-refractivity contribution in [3.05, 3.63) is 66.1 Å². The van der Waals surface area contributed by atoms with E-state index in [1.54, 1.807) is 11.8 Å². The van der Waals surface area contributed by atoms with E-state index in [0.717, 1.165) is 60.0 Å². The Hall–Kier alpha value is -1.73. The quantitative estimate of drug-likeness (QED) is 0.521. The van der Waals surface area contributed by atoms with Crippen molar-refractivity contribution in [2.24, 2.45) is 5.41 Å². The molecular formula is C22H28Cl2N4OS. The molecule has 5 nitrogen and oxygen atoms in total. The Morgan fingerprint density at radius 2 is 1.90 bits per heavy atom. The molecule has 30 heavy (non-hydrogen) atoms. The van der Waals surface area contributed by atoms with Crippen molar-refractivity contribution in [3.63, 3.8) is 0 Å². The SMILES string of the molecule is CC1(CNC(=O)c2ccc(SCc3cn4ccccc4n3)cc2)CCNCC1.Cl.Cl. The van der Waals surface area contributed by atoms with Crippen molar-refractivity contribution in [1.29, 1.82) is 0 Å². The van der Waals surface area contributed by atoms with Gasteiger partial charge in [-0.2, -0.15) is 0 Å². The van der Waals surface area contributed by atoms with Crippen molar-refractivity contribution in [2.45, 2.75) is 30.4 Å². The second kappa shape index (κ2) is 11.0. The molecule has 2 N–H and O–H groups in total. The molecule has 2 aromatic heterocycles. The van der Waals surface area contributed by atoms with Crippen LogP contribution in [0.2, 0.25) is 0 Å². The monoisotopic (exact) mass is 466 g/mol. The highest BCUT2D eigenvalue weighted by atomic mass is 35.5. The molecule has 1 aliphatic rings. The lowest BCUT2D eigenvalue weighted by Crippen LogP contribution is -2.42. The molecule has 0 atom stereocenters. The average Bonchev–Trinajstić information content (AvgIpc) is 3.14. The molecule has 1 amide bonds. The number of benzene rings is 1. The maximum Gasteiger partial charge on any atom is 0.251 e. The van der Waals surface area contributed by atoms with Crippen LogP contribution in [0.25, 0.3) is 5.65 Å². The van der Waals surface area contributed by atoms with Gasteiger partial charge in [0.05, 0.1) is 5.69 Å². The van der Waals surface area contributed by atoms with Gasteiger partial charge in [-0.1, -0.05) is 13.0 Å². The fraction of sp³-hybridized carbons (Fsp3) is 0.364. The molecule has 0 radical (unpaired) electrons. The summed E-state index contributed by atoms with van der Waals surface area (Å²) in [6, 6.07) is 13.8. The van der Waals surface area contributed by atoms with E-state index < -0.39 is 0 Å². The number of imidazole rings is 1. The first-order valence-corrected chi connectivity index (χ1v) is 10.7. The number of aromatic nitrogens is 2. The van der Waals surface area contributed by atoms with E-state index in [1.165, 1.54) is 0 Å². The van der Waals surface area contributed by atoms with Gasteiger partial charge in [0.25, 0.3) is 5.91 Å². The van der Waals surface area contributed by atoms with Crippen LogP contribution >= 0.6 is 36.6 Å². The predicted octanol–water partition coefficient (Wildman–Crippen LogP) is 4.59. The van der Waals surface area contributed by atoms with Gasteiger partial charge in [0, 0.05) is 35.2 Å². The minimum atomic E-state index is 0. The molecule has 0 unspecified atom stereocenters. The molecule has 4 rings (SSSR count). The number of hydrogen-bond acceptors (Lipinski definition) is 4. The Balaban J connectivity index is 0.00000160. The first-order chi connectivity index (χ1) is 13.6. The van der Waals surface area contributed by atoms with Gasteiger partial charge < -0.3 is 15.0 Å². The zero-order valence-electron chi connectivity index (χ0n) is 17.0. The lowest BCUT2D eigenvalue weighted by Gasteiger charge is -2.34. The Morgan fingerprint density at radius 3 is 2.60 bits per heavy atom. The zero-order valence-corrected chi connectivity index (χ0v) is 19.4. The van der Waals surface area contributed by atoms with Gasteiger partial charge >= 0.3 is 0 Å². The summed E-state index contributed by atoms with van der Waals surface area (Å²) in [7, 11) is 0. The van der Waals surface area contributed by atoms with Crippen LogP contribution in [0, 0.1) is 5.41 Å². The Labute approximate surface area is 194 Å². The fourth-order valence-electron chi connectivity index (χ4n) is 3.52. The summed E-state index contributed by atoms with van der Waals surface area (Å²) in [5.41, 5.74) is 2.93. The molecule has 0 spiro atoms. The molecule has 0 aliphatic carbocycles. The normalized spacial score (nSPS) is 15.1. The number of carbonyl (C=O) groups excluding carboxylic acids is 1. The number of piperidine rings is 1. The van der Waals surface area contributed by atoms with E-state index in [2.05, 4.69) is 28.7 Å². The number of amides is 1. The van der Waals surface area contributed by atoms with Gasteiger partial charge in [0.1, 0.15) is 5.65 Å². The van der Waals surface area contributed by atoms with Crippen LogP contribution < -0.4 is 10.6 Å². The minimum Gasteiger partial charge on any atom is -0.351 e. The Morgan fingerprint density at radius 1 is 1.17 bits per heavy atom. The second-order valence-corrected chi connectivity index (χ2v) is 8.80. The third kappa shape index (κ3) is 6.14. The highest BCUT2D eigenvalue weighted by Crippen LogP contribution is 2.27. The molecule has 1 aliphatic heterocycles. The lowest BCUT2D eigenvalue weighted by molar-refractivity contribution is 0.0922. The number of thioether (sulfide) groups is 1. The van der Waals surface area contributed by atoms with Gasteiger partial charge in [0.15, 0.2) is 0 Å². The maximum absolute atomic E-state index is 12.5. The van der Waals surface area contributed by atoms with Crippen molar-refractivity contribution in [1.82, 2.24) is 20.0 Å². The number of hydrogen-bond donors (Lipinski definition) is 2. The Bertz CT molecular complexity index is 922. The molecule has 1 saturated heterocycles. The smallest absolute Gasteiger partial charge is 0.251 e. The summed E-state index contributed by atoms with van der Waals surface area (Å²) in [5, 5.41) is 6.49. The Kier molecular flexibility index (Phi) is 9.04. The van der Waals surface area contributed by atoms with Crippen molar-refractivity contribution < 1.29 is 4.79 Å². The van der Waals surface area contributed by atoms with Crippen LogP contribution in [-0.2, 0) is 5.75 Å². The van der Waals surface area contributed by atoms with Crippen molar-refractivity contribution in [3.8, 4) is 0 Å².